The summed E-state index contributed by atoms with van der Waals surface area (Å²) in [5.74, 6) is 0.526. The van der Waals surface area contributed by atoms with Gasteiger partial charge < -0.3 is 10.3 Å². The van der Waals surface area contributed by atoms with Crippen molar-refractivity contribution in [1.29, 1.82) is 0 Å². The standard InChI is InChI=1S/C12H14N2OS/c1-16(15)9-10-8-11(13)4-5-12(10)14-6-2-3-7-14/h2-8H,9,13H2,1H3. The molecule has 0 aliphatic rings. The third kappa shape index (κ3) is 2.33. The van der Waals surface area contributed by atoms with Crippen LogP contribution in [0.1, 0.15) is 5.56 Å². The van der Waals surface area contributed by atoms with Gasteiger partial charge in [-0.2, -0.15) is 0 Å². The number of rotatable bonds is 3. The summed E-state index contributed by atoms with van der Waals surface area (Å²) in [6.07, 6.45) is 5.63. The van der Waals surface area contributed by atoms with Crippen LogP contribution in [0.25, 0.3) is 5.69 Å². The van der Waals surface area contributed by atoms with Gasteiger partial charge in [0.1, 0.15) is 0 Å². The Balaban J connectivity index is 2.48. The molecule has 2 rings (SSSR count). The molecule has 0 saturated carbocycles. The summed E-state index contributed by atoms with van der Waals surface area (Å²) < 4.78 is 13.3. The average Bonchev–Trinajstić information content (AvgIpc) is 2.69. The molecule has 1 heterocycles. The third-order valence-corrected chi connectivity index (χ3v) is 3.06. The smallest absolute Gasteiger partial charge is 0.0504 e. The maximum absolute atomic E-state index is 11.3. The number of anilines is 1. The summed E-state index contributed by atoms with van der Waals surface area (Å²) in [6.45, 7) is 0. The van der Waals surface area contributed by atoms with E-state index >= 15 is 0 Å². The second-order valence-electron chi connectivity index (χ2n) is 3.70. The fourth-order valence-corrected chi connectivity index (χ4v) is 2.36. The Morgan fingerprint density at radius 3 is 2.62 bits per heavy atom. The van der Waals surface area contributed by atoms with E-state index < -0.39 is 10.8 Å². The second-order valence-corrected chi connectivity index (χ2v) is 5.13. The van der Waals surface area contributed by atoms with Crippen molar-refractivity contribution in [3.63, 3.8) is 0 Å². The molecule has 1 aromatic heterocycles. The van der Waals surface area contributed by atoms with Crippen molar-refractivity contribution < 1.29 is 4.21 Å². The molecule has 84 valence electrons. The first-order valence-electron chi connectivity index (χ1n) is 4.98. The van der Waals surface area contributed by atoms with Crippen molar-refractivity contribution in [2.75, 3.05) is 12.0 Å². The Bertz CT molecular complexity index is 506. The molecule has 0 fully saturated rings. The van der Waals surface area contributed by atoms with E-state index in [4.69, 9.17) is 5.73 Å². The molecule has 16 heavy (non-hydrogen) atoms. The Hall–Kier alpha value is -1.55. The predicted molar refractivity (Wildman–Crippen MR) is 68.0 cm³/mol. The number of hydrogen-bond acceptors (Lipinski definition) is 2. The summed E-state index contributed by atoms with van der Waals surface area (Å²) in [6, 6.07) is 9.62. The molecule has 0 aliphatic heterocycles. The van der Waals surface area contributed by atoms with E-state index in [0.717, 1.165) is 11.3 Å². The largest absolute Gasteiger partial charge is 0.399 e. The fraction of sp³-hybridized carbons (Fsp3) is 0.167. The molecule has 0 radical (unpaired) electrons. The summed E-state index contributed by atoms with van der Waals surface area (Å²) in [7, 11) is -0.866. The highest BCUT2D eigenvalue weighted by Crippen LogP contribution is 2.19. The molecule has 0 amide bonds. The van der Waals surface area contributed by atoms with Crippen LogP contribution in [0.5, 0.6) is 0 Å². The lowest BCUT2D eigenvalue weighted by Crippen LogP contribution is -2.01. The van der Waals surface area contributed by atoms with Crippen molar-refractivity contribution in [3.05, 3.63) is 48.3 Å². The molecule has 3 nitrogen and oxygen atoms in total. The van der Waals surface area contributed by atoms with Gasteiger partial charge in [0.25, 0.3) is 0 Å². The van der Waals surface area contributed by atoms with Crippen molar-refractivity contribution in [1.82, 2.24) is 4.57 Å². The van der Waals surface area contributed by atoms with Gasteiger partial charge in [-0.1, -0.05) is 0 Å². The zero-order chi connectivity index (χ0) is 11.5. The molecular weight excluding hydrogens is 220 g/mol. The molecule has 1 aromatic carbocycles. The summed E-state index contributed by atoms with van der Waals surface area (Å²) >= 11 is 0. The second kappa shape index (κ2) is 4.53. The Labute approximate surface area is 97.4 Å². The minimum atomic E-state index is -0.866. The van der Waals surface area contributed by atoms with Crippen LogP contribution >= 0.6 is 0 Å². The number of hydrogen-bond donors (Lipinski definition) is 1. The van der Waals surface area contributed by atoms with E-state index in [-0.39, 0.29) is 0 Å². The minimum Gasteiger partial charge on any atom is -0.399 e. The van der Waals surface area contributed by atoms with E-state index in [1.165, 1.54) is 0 Å². The van der Waals surface area contributed by atoms with Crippen LogP contribution in [-0.2, 0) is 16.6 Å². The van der Waals surface area contributed by atoms with Gasteiger partial charge in [0.05, 0.1) is 5.75 Å². The summed E-state index contributed by atoms with van der Waals surface area (Å²) in [5, 5.41) is 0. The van der Waals surface area contributed by atoms with Crippen LogP contribution in [0.2, 0.25) is 0 Å². The lowest BCUT2D eigenvalue weighted by molar-refractivity contribution is 0.686. The van der Waals surface area contributed by atoms with Gasteiger partial charge in [0, 0.05) is 40.8 Å². The molecule has 2 N–H and O–H groups in total. The highest BCUT2D eigenvalue weighted by Gasteiger charge is 2.06. The first-order valence-corrected chi connectivity index (χ1v) is 6.71. The number of benzene rings is 1. The minimum absolute atomic E-state index is 0.526. The molecule has 0 saturated heterocycles. The normalized spacial score (nSPS) is 12.6. The van der Waals surface area contributed by atoms with Gasteiger partial charge in [-0.15, -0.1) is 0 Å². The number of nitrogen functional groups attached to an aromatic ring is 1. The van der Waals surface area contributed by atoms with E-state index in [1.54, 1.807) is 6.26 Å². The third-order valence-electron chi connectivity index (χ3n) is 2.34. The summed E-state index contributed by atoms with van der Waals surface area (Å²) in [4.78, 5) is 0. The van der Waals surface area contributed by atoms with Gasteiger partial charge in [0.15, 0.2) is 0 Å². The van der Waals surface area contributed by atoms with E-state index in [1.807, 2.05) is 47.3 Å². The van der Waals surface area contributed by atoms with Crippen molar-refractivity contribution in [2.24, 2.45) is 0 Å². The van der Waals surface area contributed by atoms with E-state index in [2.05, 4.69) is 0 Å². The average molecular weight is 234 g/mol. The zero-order valence-electron chi connectivity index (χ0n) is 9.09. The van der Waals surface area contributed by atoms with E-state index in [9.17, 15) is 4.21 Å². The lowest BCUT2D eigenvalue weighted by atomic mass is 10.2. The monoisotopic (exact) mass is 234 g/mol. The maximum atomic E-state index is 11.3. The Morgan fingerprint density at radius 1 is 1.31 bits per heavy atom. The number of nitrogens with zero attached hydrogens (tertiary/aromatic N) is 1. The molecule has 0 spiro atoms. The highest BCUT2D eigenvalue weighted by atomic mass is 32.2. The molecule has 4 heteroatoms. The lowest BCUT2D eigenvalue weighted by Gasteiger charge is -2.10. The Kier molecular flexibility index (Phi) is 3.10. The highest BCUT2D eigenvalue weighted by molar-refractivity contribution is 7.83. The molecule has 0 aliphatic carbocycles. The SMILES string of the molecule is CS(=O)Cc1cc(N)ccc1-n1cccc1. The molecule has 1 unspecified atom stereocenters. The fourth-order valence-electron chi connectivity index (χ4n) is 1.69. The van der Waals surface area contributed by atoms with Crippen LogP contribution < -0.4 is 5.73 Å². The molecule has 0 bridgehead atoms. The molecule has 2 aromatic rings. The van der Waals surface area contributed by atoms with Crippen LogP contribution in [0, 0.1) is 0 Å². The maximum Gasteiger partial charge on any atom is 0.0504 e. The van der Waals surface area contributed by atoms with Gasteiger partial charge >= 0.3 is 0 Å². The predicted octanol–water partition coefficient (Wildman–Crippen LogP) is 1.94. The number of nitrogens with two attached hydrogens (primary N) is 1. The van der Waals surface area contributed by atoms with Crippen LogP contribution in [0.3, 0.4) is 0 Å². The van der Waals surface area contributed by atoms with Crippen LogP contribution in [0.4, 0.5) is 5.69 Å². The van der Waals surface area contributed by atoms with Gasteiger partial charge in [-0.3, -0.25) is 4.21 Å². The van der Waals surface area contributed by atoms with E-state index in [0.29, 0.717) is 11.4 Å². The van der Waals surface area contributed by atoms with Crippen molar-refractivity contribution in [2.45, 2.75) is 5.75 Å². The molecule has 1 atom stereocenters. The van der Waals surface area contributed by atoms with Crippen LogP contribution in [0.15, 0.2) is 42.7 Å². The van der Waals surface area contributed by atoms with Crippen molar-refractivity contribution in [3.8, 4) is 5.69 Å². The summed E-state index contributed by atoms with van der Waals surface area (Å²) in [5.41, 5.74) is 8.50. The van der Waals surface area contributed by atoms with Crippen LogP contribution in [-0.4, -0.2) is 15.0 Å². The van der Waals surface area contributed by atoms with Gasteiger partial charge in [-0.25, -0.2) is 0 Å². The topological polar surface area (TPSA) is 48.0 Å². The first kappa shape index (κ1) is 11.0. The first-order chi connectivity index (χ1) is 7.66. The Morgan fingerprint density at radius 2 is 2.00 bits per heavy atom. The van der Waals surface area contributed by atoms with Gasteiger partial charge in [-0.05, 0) is 35.9 Å². The van der Waals surface area contributed by atoms with Crippen molar-refractivity contribution >= 4 is 16.5 Å². The molecular formula is C12H14N2OS. The number of aromatic nitrogens is 1. The quantitative estimate of drug-likeness (QED) is 0.825. The van der Waals surface area contributed by atoms with Gasteiger partial charge in [0.2, 0.25) is 0 Å². The zero-order valence-corrected chi connectivity index (χ0v) is 9.91.